The van der Waals surface area contributed by atoms with Crippen LogP contribution in [-0.4, -0.2) is 13.6 Å². The fraction of sp³-hybridized carbons (Fsp3) is 0.500. The maximum atomic E-state index is 6.13. The lowest BCUT2D eigenvalue weighted by atomic mass is 9.85. The average molecular weight is 246 g/mol. The number of halogens is 2. The minimum absolute atomic E-state index is 0.156. The van der Waals surface area contributed by atoms with E-state index in [1.54, 1.807) is 0 Å². The van der Waals surface area contributed by atoms with E-state index in [1.165, 1.54) is 0 Å². The van der Waals surface area contributed by atoms with Gasteiger partial charge in [0.25, 0.3) is 0 Å². The molecule has 15 heavy (non-hydrogen) atoms. The molecule has 0 bridgehead atoms. The molecule has 0 saturated heterocycles. The highest BCUT2D eigenvalue weighted by Gasteiger charge is 2.20. The maximum absolute atomic E-state index is 6.13. The summed E-state index contributed by atoms with van der Waals surface area (Å²) in [6.45, 7) is 5.33. The van der Waals surface area contributed by atoms with Gasteiger partial charge in [-0.15, -0.1) is 0 Å². The van der Waals surface area contributed by atoms with Crippen molar-refractivity contribution in [1.29, 1.82) is 0 Å². The van der Waals surface area contributed by atoms with E-state index in [0.717, 1.165) is 28.6 Å². The molecule has 0 saturated carbocycles. The van der Waals surface area contributed by atoms with Crippen LogP contribution in [0.25, 0.3) is 0 Å². The zero-order chi connectivity index (χ0) is 11.5. The molecule has 1 nitrogen and oxygen atoms in total. The van der Waals surface area contributed by atoms with Crippen molar-refractivity contribution in [2.45, 2.75) is 20.3 Å². The van der Waals surface area contributed by atoms with E-state index in [2.05, 4.69) is 19.2 Å². The van der Waals surface area contributed by atoms with Crippen molar-refractivity contribution >= 4 is 23.2 Å². The summed E-state index contributed by atoms with van der Waals surface area (Å²) in [7, 11) is 1.95. The Morgan fingerprint density at radius 3 is 2.20 bits per heavy atom. The molecule has 3 heteroatoms. The Labute approximate surface area is 102 Å². The monoisotopic (exact) mass is 245 g/mol. The van der Waals surface area contributed by atoms with Crippen LogP contribution in [0.5, 0.6) is 0 Å². The smallest absolute Gasteiger partial charge is 0.0453 e. The van der Waals surface area contributed by atoms with E-state index in [9.17, 15) is 0 Å². The molecule has 0 aliphatic carbocycles. The fourth-order valence-electron chi connectivity index (χ4n) is 1.72. The van der Waals surface area contributed by atoms with Gasteiger partial charge < -0.3 is 5.32 Å². The van der Waals surface area contributed by atoms with Crippen LogP contribution in [0.1, 0.15) is 19.4 Å². The lowest BCUT2D eigenvalue weighted by molar-refractivity contribution is 0.350. The summed E-state index contributed by atoms with van der Waals surface area (Å²) >= 11 is 12.3. The summed E-state index contributed by atoms with van der Waals surface area (Å²) in [5.41, 5.74) is 1.20. The molecule has 0 unspecified atom stereocenters. The van der Waals surface area contributed by atoms with E-state index in [-0.39, 0.29) is 5.41 Å². The third kappa shape index (κ3) is 3.67. The lowest BCUT2D eigenvalue weighted by Gasteiger charge is -2.25. The number of rotatable bonds is 4. The summed E-state index contributed by atoms with van der Waals surface area (Å²) in [6, 6.07) is 5.65. The topological polar surface area (TPSA) is 12.0 Å². The Morgan fingerprint density at radius 1 is 1.20 bits per heavy atom. The van der Waals surface area contributed by atoms with Crippen molar-refractivity contribution in [2.75, 3.05) is 13.6 Å². The quantitative estimate of drug-likeness (QED) is 0.852. The number of hydrogen-bond donors (Lipinski definition) is 1. The maximum Gasteiger partial charge on any atom is 0.0453 e. The van der Waals surface area contributed by atoms with Crippen molar-refractivity contribution in [3.8, 4) is 0 Å². The Hall–Kier alpha value is -0.240. The average Bonchev–Trinajstić information content (AvgIpc) is 2.11. The largest absolute Gasteiger partial charge is 0.319 e. The van der Waals surface area contributed by atoms with Crippen LogP contribution in [0, 0.1) is 5.41 Å². The minimum Gasteiger partial charge on any atom is -0.319 e. The molecule has 0 aliphatic heterocycles. The van der Waals surface area contributed by atoms with Crippen molar-refractivity contribution in [3.63, 3.8) is 0 Å². The molecule has 1 N–H and O–H groups in total. The van der Waals surface area contributed by atoms with E-state index in [4.69, 9.17) is 23.2 Å². The Balaban J connectivity index is 2.89. The molecule has 0 radical (unpaired) electrons. The van der Waals surface area contributed by atoms with Crippen LogP contribution in [-0.2, 0) is 6.42 Å². The molecule has 0 aromatic heterocycles. The molecule has 1 aromatic rings. The minimum atomic E-state index is 0.156. The highest BCUT2D eigenvalue weighted by molar-refractivity contribution is 6.35. The molecular formula is C12H17Cl2N. The van der Waals surface area contributed by atoms with Gasteiger partial charge in [0.15, 0.2) is 0 Å². The predicted octanol–water partition coefficient (Wildman–Crippen LogP) is 3.78. The first kappa shape index (κ1) is 12.8. The van der Waals surface area contributed by atoms with E-state index in [1.807, 2.05) is 25.2 Å². The first-order chi connectivity index (χ1) is 6.96. The van der Waals surface area contributed by atoms with Gasteiger partial charge in [-0.05, 0) is 36.6 Å². The molecule has 0 heterocycles. The predicted molar refractivity (Wildman–Crippen MR) is 67.9 cm³/mol. The van der Waals surface area contributed by atoms with Gasteiger partial charge in [-0.3, -0.25) is 0 Å². The van der Waals surface area contributed by atoms with Gasteiger partial charge in [-0.2, -0.15) is 0 Å². The van der Waals surface area contributed by atoms with E-state index in [0.29, 0.717) is 0 Å². The molecule has 0 amide bonds. The van der Waals surface area contributed by atoms with Crippen LogP contribution >= 0.6 is 23.2 Å². The van der Waals surface area contributed by atoms with Gasteiger partial charge in [0.1, 0.15) is 0 Å². The zero-order valence-electron chi connectivity index (χ0n) is 9.40. The van der Waals surface area contributed by atoms with Gasteiger partial charge in [0, 0.05) is 16.6 Å². The molecule has 0 fully saturated rings. The second-order valence-electron chi connectivity index (χ2n) is 4.57. The second-order valence-corrected chi connectivity index (χ2v) is 5.39. The highest BCUT2D eigenvalue weighted by atomic mass is 35.5. The lowest BCUT2D eigenvalue weighted by Crippen LogP contribution is -2.28. The van der Waals surface area contributed by atoms with Crippen molar-refractivity contribution in [3.05, 3.63) is 33.8 Å². The summed E-state index contributed by atoms with van der Waals surface area (Å²) in [5.74, 6) is 0. The Morgan fingerprint density at radius 2 is 1.73 bits per heavy atom. The van der Waals surface area contributed by atoms with Gasteiger partial charge in [-0.25, -0.2) is 0 Å². The molecule has 0 spiro atoms. The van der Waals surface area contributed by atoms with Gasteiger partial charge in [0.2, 0.25) is 0 Å². The van der Waals surface area contributed by atoms with Gasteiger partial charge >= 0.3 is 0 Å². The third-order valence-electron chi connectivity index (χ3n) is 2.37. The molecule has 1 aromatic carbocycles. The Bertz CT molecular complexity index is 314. The van der Waals surface area contributed by atoms with Crippen molar-refractivity contribution in [2.24, 2.45) is 5.41 Å². The normalized spacial score (nSPS) is 11.8. The zero-order valence-corrected chi connectivity index (χ0v) is 10.9. The summed E-state index contributed by atoms with van der Waals surface area (Å²) in [6.07, 6.45) is 0.881. The van der Waals surface area contributed by atoms with E-state index >= 15 is 0 Å². The first-order valence-electron chi connectivity index (χ1n) is 5.04. The second kappa shape index (κ2) is 5.20. The SMILES string of the molecule is CNCC(C)(C)Cc1c(Cl)cccc1Cl. The van der Waals surface area contributed by atoms with Crippen LogP contribution in [0.2, 0.25) is 10.0 Å². The number of hydrogen-bond acceptors (Lipinski definition) is 1. The number of nitrogens with one attached hydrogen (secondary N) is 1. The van der Waals surface area contributed by atoms with Gasteiger partial charge in [-0.1, -0.05) is 43.1 Å². The van der Waals surface area contributed by atoms with Crippen LogP contribution in [0.3, 0.4) is 0 Å². The van der Waals surface area contributed by atoms with Crippen molar-refractivity contribution in [1.82, 2.24) is 5.32 Å². The molecule has 0 aliphatic rings. The molecule has 0 atom stereocenters. The third-order valence-corrected chi connectivity index (χ3v) is 3.08. The van der Waals surface area contributed by atoms with Crippen LogP contribution in [0.15, 0.2) is 18.2 Å². The van der Waals surface area contributed by atoms with E-state index < -0.39 is 0 Å². The van der Waals surface area contributed by atoms with Crippen LogP contribution in [0.4, 0.5) is 0 Å². The first-order valence-corrected chi connectivity index (χ1v) is 5.79. The number of benzene rings is 1. The Kier molecular flexibility index (Phi) is 4.45. The summed E-state index contributed by atoms with van der Waals surface area (Å²) in [4.78, 5) is 0. The summed E-state index contributed by atoms with van der Waals surface area (Å²) in [5, 5.41) is 4.69. The molecule has 84 valence electrons. The fourth-order valence-corrected chi connectivity index (χ4v) is 2.25. The molecule has 1 rings (SSSR count). The highest BCUT2D eigenvalue weighted by Crippen LogP contribution is 2.31. The standard InChI is InChI=1S/C12H17Cl2N/c1-12(2,8-15-3)7-9-10(13)5-4-6-11(9)14/h4-6,15H,7-8H2,1-3H3. The van der Waals surface area contributed by atoms with Crippen LogP contribution < -0.4 is 5.32 Å². The van der Waals surface area contributed by atoms with Crippen molar-refractivity contribution < 1.29 is 0 Å². The molecular weight excluding hydrogens is 229 g/mol. The van der Waals surface area contributed by atoms with Gasteiger partial charge in [0.05, 0.1) is 0 Å². The summed E-state index contributed by atoms with van der Waals surface area (Å²) < 4.78 is 0.